The zero-order chi connectivity index (χ0) is 35.3. The molecule has 0 aromatic heterocycles. The molecule has 1 fully saturated rings. The number of urea groups is 1. The van der Waals surface area contributed by atoms with Crippen molar-refractivity contribution in [1.29, 1.82) is 0 Å². The lowest BCUT2D eigenvalue weighted by Crippen LogP contribution is -2.57. The average Bonchev–Trinajstić information content (AvgIpc) is 3.10. The third-order valence-electron chi connectivity index (χ3n) is 9.12. The largest absolute Gasteiger partial charge is 0.466 e. The Hall–Kier alpha value is -4.82. The molecular weight excluding hydrogens is 651 g/mol. The van der Waals surface area contributed by atoms with Crippen molar-refractivity contribution in [2.75, 3.05) is 47.0 Å². The molecule has 2 aliphatic rings. The van der Waals surface area contributed by atoms with Gasteiger partial charge in [0.15, 0.2) is 11.6 Å². The van der Waals surface area contributed by atoms with E-state index >= 15 is 8.78 Å². The first-order valence-corrected chi connectivity index (χ1v) is 15.5. The zero-order valence-electron chi connectivity index (χ0n) is 26.9. The molecule has 2 heterocycles. The minimum atomic E-state index is -1.92. The summed E-state index contributed by atoms with van der Waals surface area (Å²) in [5, 5.41) is 3.98. The van der Waals surface area contributed by atoms with Gasteiger partial charge in [-0.25, -0.2) is 36.6 Å². The number of likely N-dealkylation sites (tertiary alicyclic amines) is 1. The number of halogens is 5. The summed E-state index contributed by atoms with van der Waals surface area (Å²) in [5.74, 6) is -6.16. The molecule has 0 aliphatic carbocycles. The number of carbonyl (C=O) groups excluding carboxylic acids is 3. The van der Waals surface area contributed by atoms with Gasteiger partial charge in [0.25, 0.3) is 0 Å². The van der Waals surface area contributed by atoms with E-state index in [1.54, 1.807) is 24.3 Å². The summed E-state index contributed by atoms with van der Waals surface area (Å²) in [4.78, 5) is 41.1. The minimum Gasteiger partial charge on any atom is -0.466 e. The van der Waals surface area contributed by atoms with Gasteiger partial charge in [0.1, 0.15) is 23.5 Å². The molecule has 1 unspecified atom stereocenters. The maximum absolute atomic E-state index is 15.3. The Kier molecular flexibility index (Phi) is 11.0. The second kappa shape index (κ2) is 15.2. The molecule has 2 aliphatic heterocycles. The highest BCUT2D eigenvalue weighted by molar-refractivity contribution is 5.95. The molecule has 1 saturated heterocycles. The van der Waals surface area contributed by atoms with E-state index in [1.807, 2.05) is 0 Å². The van der Waals surface area contributed by atoms with E-state index in [9.17, 15) is 27.6 Å². The standard InChI is InChI=1S/C35H35F5N4O5/c1-48-20-28-30(33(46)49-2)32(29-26(38)12-13-27(39)31(29)40)44(34(47)41-28)43(21-45)17-3-16-42-18-14-35(15-19-42,22-4-8-24(36)9-5-22)23-6-10-25(37)11-7-23/h4-13,21,32H,3,14-20H2,1-2H3,(H,41,47). The Bertz CT molecular complexity index is 1660. The lowest BCUT2D eigenvalue weighted by molar-refractivity contribution is -0.141. The van der Waals surface area contributed by atoms with Crippen molar-refractivity contribution in [3.8, 4) is 0 Å². The van der Waals surface area contributed by atoms with Gasteiger partial charge in [-0.15, -0.1) is 0 Å². The van der Waals surface area contributed by atoms with Crippen LogP contribution in [0.3, 0.4) is 0 Å². The van der Waals surface area contributed by atoms with Crippen molar-refractivity contribution in [3.63, 3.8) is 0 Å². The Morgan fingerprint density at radius 1 is 0.918 bits per heavy atom. The summed E-state index contributed by atoms with van der Waals surface area (Å²) in [7, 11) is 2.29. The summed E-state index contributed by atoms with van der Waals surface area (Å²) in [6.45, 7) is 1.10. The number of methoxy groups -OCH3 is 2. The lowest BCUT2D eigenvalue weighted by Gasteiger charge is -2.44. The van der Waals surface area contributed by atoms with Gasteiger partial charge in [-0.3, -0.25) is 9.80 Å². The molecule has 0 spiro atoms. The Balaban J connectivity index is 1.37. The van der Waals surface area contributed by atoms with Gasteiger partial charge in [-0.05, 0) is 86.4 Å². The van der Waals surface area contributed by atoms with Crippen molar-refractivity contribution >= 4 is 18.4 Å². The summed E-state index contributed by atoms with van der Waals surface area (Å²) < 4.78 is 82.5. The topological polar surface area (TPSA) is 91.4 Å². The molecule has 0 bridgehead atoms. The molecule has 3 aromatic rings. The highest BCUT2D eigenvalue weighted by Gasteiger charge is 2.45. The Morgan fingerprint density at radius 3 is 2.02 bits per heavy atom. The van der Waals surface area contributed by atoms with Gasteiger partial charge in [0, 0.05) is 19.1 Å². The van der Waals surface area contributed by atoms with E-state index in [4.69, 9.17) is 9.47 Å². The fourth-order valence-corrected chi connectivity index (χ4v) is 6.69. The average molecular weight is 687 g/mol. The van der Waals surface area contributed by atoms with E-state index in [-0.39, 0.29) is 43.3 Å². The highest BCUT2D eigenvalue weighted by atomic mass is 19.2. The quantitative estimate of drug-likeness (QED) is 0.119. The monoisotopic (exact) mass is 686 g/mol. The molecule has 0 radical (unpaired) electrons. The first-order valence-electron chi connectivity index (χ1n) is 15.5. The second-order valence-electron chi connectivity index (χ2n) is 11.8. The molecule has 1 N–H and O–H groups in total. The van der Waals surface area contributed by atoms with Gasteiger partial charge >= 0.3 is 12.0 Å². The number of esters is 1. The number of ether oxygens (including phenoxy) is 2. The van der Waals surface area contributed by atoms with Crippen LogP contribution in [0.4, 0.5) is 26.7 Å². The SMILES string of the molecule is COCC1=C(C(=O)OC)C(c2c(F)ccc(F)c2F)N(N(C=O)CCCN2CCC(c3ccc(F)cc3)(c3ccc(F)cc3)CC2)C(=O)N1. The number of amides is 3. The Labute approximate surface area is 279 Å². The van der Waals surface area contributed by atoms with Crippen molar-refractivity contribution in [3.05, 3.63) is 118 Å². The first kappa shape index (κ1) is 35.5. The van der Waals surface area contributed by atoms with Crippen molar-refractivity contribution in [2.45, 2.75) is 30.7 Å². The van der Waals surface area contributed by atoms with E-state index in [2.05, 4.69) is 10.2 Å². The van der Waals surface area contributed by atoms with Gasteiger partial charge in [-0.2, -0.15) is 0 Å². The first-order chi connectivity index (χ1) is 23.5. The van der Waals surface area contributed by atoms with Crippen LogP contribution in [0.5, 0.6) is 0 Å². The van der Waals surface area contributed by atoms with E-state index in [1.165, 1.54) is 31.4 Å². The molecule has 9 nitrogen and oxygen atoms in total. The van der Waals surface area contributed by atoms with Crippen LogP contribution < -0.4 is 5.32 Å². The predicted octanol–water partition coefficient (Wildman–Crippen LogP) is 5.37. The third-order valence-corrected chi connectivity index (χ3v) is 9.12. The second-order valence-corrected chi connectivity index (χ2v) is 11.8. The number of nitrogens with zero attached hydrogens (tertiary/aromatic N) is 3. The highest BCUT2D eigenvalue weighted by Crippen LogP contribution is 2.42. The number of hydrogen-bond acceptors (Lipinski definition) is 6. The number of piperidine rings is 1. The van der Waals surface area contributed by atoms with Gasteiger partial charge in [0.05, 0.1) is 30.6 Å². The van der Waals surface area contributed by atoms with Gasteiger partial charge < -0.3 is 19.7 Å². The number of hydrazine groups is 1. The van der Waals surface area contributed by atoms with Gasteiger partial charge in [0.2, 0.25) is 6.41 Å². The van der Waals surface area contributed by atoms with Crippen LogP contribution in [0.25, 0.3) is 0 Å². The normalized spacial score (nSPS) is 17.9. The molecule has 260 valence electrons. The maximum atomic E-state index is 15.3. The maximum Gasteiger partial charge on any atom is 0.341 e. The van der Waals surface area contributed by atoms with Crippen LogP contribution in [-0.2, 0) is 24.5 Å². The smallest absolute Gasteiger partial charge is 0.341 e. The number of carbonyl (C=O) groups is 3. The summed E-state index contributed by atoms with van der Waals surface area (Å²) in [6.07, 6.45) is 1.80. The van der Waals surface area contributed by atoms with Crippen molar-refractivity contribution in [2.24, 2.45) is 0 Å². The van der Waals surface area contributed by atoms with Crippen LogP contribution in [0.1, 0.15) is 42.0 Å². The predicted molar refractivity (Wildman–Crippen MR) is 167 cm³/mol. The fraction of sp³-hybridized carbons (Fsp3) is 0.343. The van der Waals surface area contributed by atoms with Crippen LogP contribution >= 0.6 is 0 Å². The zero-order valence-corrected chi connectivity index (χ0v) is 26.9. The van der Waals surface area contributed by atoms with E-state index < -0.39 is 52.0 Å². The number of benzene rings is 3. The van der Waals surface area contributed by atoms with Crippen LogP contribution in [0.2, 0.25) is 0 Å². The molecule has 3 aromatic carbocycles. The molecule has 5 rings (SSSR count). The van der Waals surface area contributed by atoms with E-state index in [0.29, 0.717) is 49.6 Å². The minimum absolute atomic E-state index is 0.127. The summed E-state index contributed by atoms with van der Waals surface area (Å²) >= 11 is 0. The molecule has 14 heteroatoms. The van der Waals surface area contributed by atoms with Gasteiger partial charge in [-0.1, -0.05) is 24.3 Å². The molecule has 49 heavy (non-hydrogen) atoms. The molecule has 3 amide bonds. The van der Waals surface area contributed by atoms with Crippen LogP contribution in [0.15, 0.2) is 71.9 Å². The Morgan fingerprint density at radius 2 is 1.49 bits per heavy atom. The van der Waals surface area contributed by atoms with Crippen LogP contribution in [-0.4, -0.2) is 80.3 Å². The number of rotatable bonds is 12. The van der Waals surface area contributed by atoms with Crippen LogP contribution in [0, 0.1) is 29.1 Å². The van der Waals surface area contributed by atoms with E-state index in [0.717, 1.165) is 23.2 Å². The number of hydrogen-bond donors (Lipinski definition) is 1. The summed E-state index contributed by atoms with van der Waals surface area (Å²) in [5.41, 5.74) is -0.296. The van der Waals surface area contributed by atoms with Crippen molar-refractivity contribution < 1.29 is 45.8 Å². The molecule has 0 saturated carbocycles. The summed E-state index contributed by atoms with van der Waals surface area (Å²) in [6, 6.07) is 10.8. The lowest BCUT2D eigenvalue weighted by atomic mass is 9.68. The fourth-order valence-electron chi connectivity index (χ4n) is 6.69. The molecular formula is C35H35F5N4O5. The number of nitrogens with one attached hydrogen (secondary N) is 1. The third kappa shape index (κ3) is 7.15. The van der Waals surface area contributed by atoms with Crippen molar-refractivity contribution in [1.82, 2.24) is 20.2 Å². The molecule has 1 atom stereocenters.